The number of hydrogen-bond acceptors (Lipinski definition) is 7. The zero-order valence-corrected chi connectivity index (χ0v) is 23.3. The van der Waals surface area contributed by atoms with Crippen molar-refractivity contribution >= 4 is 50.9 Å². The first-order valence-corrected chi connectivity index (χ1v) is 13.0. The molecule has 0 unspecified atom stereocenters. The van der Waals surface area contributed by atoms with Gasteiger partial charge in [0.2, 0.25) is 0 Å². The van der Waals surface area contributed by atoms with Crippen molar-refractivity contribution in [3.8, 4) is 5.75 Å². The van der Waals surface area contributed by atoms with Crippen LogP contribution in [0.3, 0.4) is 0 Å². The highest BCUT2D eigenvalue weighted by atomic mass is 79.9. The Labute approximate surface area is 244 Å². The van der Waals surface area contributed by atoms with Crippen LogP contribution < -0.4 is 9.64 Å². The molecule has 208 valence electrons. The van der Waals surface area contributed by atoms with E-state index in [2.05, 4.69) is 31.1 Å². The molecule has 0 spiro atoms. The van der Waals surface area contributed by atoms with Crippen LogP contribution in [0.5, 0.6) is 5.75 Å². The molecule has 0 saturated carbocycles. The SMILES string of the molecule is COc1ccc(C(=NOCc2cccc(N3C(=O)c4ccccc4C3=O)n2)c2ncc(C(F)(F)F)cc2Cl)cc1Br. The molecule has 0 N–H and O–H groups in total. The molecule has 1 aliphatic rings. The summed E-state index contributed by atoms with van der Waals surface area (Å²) in [5, 5.41) is 3.85. The van der Waals surface area contributed by atoms with Crippen molar-refractivity contribution < 1.29 is 32.3 Å². The van der Waals surface area contributed by atoms with Gasteiger partial charge >= 0.3 is 6.18 Å². The Kier molecular flexibility index (Phi) is 7.78. The lowest BCUT2D eigenvalue weighted by atomic mass is 10.1. The largest absolute Gasteiger partial charge is 0.496 e. The zero-order chi connectivity index (χ0) is 29.3. The molecule has 0 atom stereocenters. The fraction of sp³-hybridized carbons (Fsp3) is 0.107. The number of imide groups is 1. The molecular formula is C28H17BrClF3N4O4. The van der Waals surface area contributed by atoms with E-state index in [1.54, 1.807) is 54.6 Å². The number of oxime groups is 1. The van der Waals surface area contributed by atoms with E-state index in [1.165, 1.54) is 13.2 Å². The van der Waals surface area contributed by atoms with Crippen LogP contribution in [0.4, 0.5) is 19.0 Å². The monoisotopic (exact) mass is 644 g/mol. The number of benzene rings is 2. The fourth-order valence-corrected chi connectivity index (χ4v) is 4.84. The number of carbonyl (C=O) groups is 2. The second-order valence-corrected chi connectivity index (χ2v) is 9.85. The molecule has 5 rings (SSSR count). The maximum Gasteiger partial charge on any atom is 0.417 e. The van der Waals surface area contributed by atoms with Gasteiger partial charge in [-0.1, -0.05) is 35.0 Å². The van der Waals surface area contributed by atoms with Gasteiger partial charge in [-0.2, -0.15) is 13.2 Å². The first kappa shape index (κ1) is 28.2. The summed E-state index contributed by atoms with van der Waals surface area (Å²) in [4.78, 5) is 40.5. The summed E-state index contributed by atoms with van der Waals surface area (Å²) < 4.78 is 45.4. The minimum absolute atomic E-state index is 0.0450. The molecule has 41 heavy (non-hydrogen) atoms. The summed E-state index contributed by atoms with van der Waals surface area (Å²) >= 11 is 9.59. The van der Waals surface area contributed by atoms with E-state index in [0.717, 1.165) is 11.0 Å². The predicted octanol–water partition coefficient (Wildman–Crippen LogP) is 6.69. The Bertz CT molecular complexity index is 1680. The molecule has 0 aliphatic carbocycles. The predicted molar refractivity (Wildman–Crippen MR) is 147 cm³/mol. The normalized spacial score (nSPS) is 13.4. The third-order valence-corrected chi connectivity index (χ3v) is 6.91. The lowest BCUT2D eigenvalue weighted by Gasteiger charge is -2.14. The van der Waals surface area contributed by atoms with Crippen LogP contribution in [0.2, 0.25) is 5.02 Å². The number of nitrogens with zero attached hydrogens (tertiary/aromatic N) is 4. The third-order valence-electron chi connectivity index (χ3n) is 6.00. The fourth-order valence-electron chi connectivity index (χ4n) is 4.05. The molecule has 0 bridgehead atoms. The maximum atomic E-state index is 13.2. The van der Waals surface area contributed by atoms with E-state index < -0.39 is 23.6 Å². The van der Waals surface area contributed by atoms with Gasteiger partial charge in [0.25, 0.3) is 11.8 Å². The van der Waals surface area contributed by atoms with E-state index in [1.807, 2.05) is 0 Å². The van der Waals surface area contributed by atoms with E-state index >= 15 is 0 Å². The van der Waals surface area contributed by atoms with Crippen LogP contribution >= 0.6 is 27.5 Å². The maximum absolute atomic E-state index is 13.2. The average molecular weight is 646 g/mol. The summed E-state index contributed by atoms with van der Waals surface area (Å²) in [5.74, 6) is -0.378. The first-order valence-electron chi connectivity index (χ1n) is 11.8. The molecule has 2 aromatic heterocycles. The summed E-state index contributed by atoms with van der Waals surface area (Å²) in [5.41, 5.74) is 0.275. The van der Waals surface area contributed by atoms with E-state index in [-0.39, 0.29) is 40.0 Å². The number of halogens is 5. The van der Waals surface area contributed by atoms with Crippen LogP contribution in [0.25, 0.3) is 0 Å². The summed E-state index contributed by atoms with van der Waals surface area (Å²) in [6.07, 6.45) is -3.98. The number of anilines is 1. The molecule has 0 fully saturated rings. The zero-order valence-electron chi connectivity index (χ0n) is 20.9. The molecular weight excluding hydrogens is 629 g/mol. The Morgan fingerprint density at radius 1 is 1.02 bits per heavy atom. The number of ether oxygens (including phenoxy) is 1. The number of methoxy groups -OCH3 is 1. The smallest absolute Gasteiger partial charge is 0.417 e. The average Bonchev–Trinajstić information content (AvgIpc) is 3.20. The molecule has 8 nitrogen and oxygen atoms in total. The van der Waals surface area contributed by atoms with Gasteiger partial charge < -0.3 is 9.57 Å². The first-order chi connectivity index (χ1) is 19.6. The van der Waals surface area contributed by atoms with E-state index in [0.29, 0.717) is 27.7 Å². The van der Waals surface area contributed by atoms with Gasteiger partial charge in [-0.3, -0.25) is 14.6 Å². The van der Waals surface area contributed by atoms with E-state index in [4.69, 9.17) is 21.2 Å². The van der Waals surface area contributed by atoms with E-state index in [9.17, 15) is 22.8 Å². The standard InChI is InChI=1S/C28H17BrClF3N4O4/c1-40-22-10-9-15(11-20(22)29)24(25-21(30)12-16(13-34-25)28(31,32)33)36-41-14-17-5-4-8-23(35-17)37-26(38)18-6-2-3-7-19(18)27(37)39/h2-13H,14H2,1H3. The highest BCUT2D eigenvalue weighted by molar-refractivity contribution is 9.10. The van der Waals surface area contributed by atoms with Crippen LogP contribution in [0.1, 0.15) is 43.2 Å². The Morgan fingerprint density at radius 3 is 2.34 bits per heavy atom. The molecule has 0 saturated heterocycles. The van der Waals surface area contributed by atoms with Crippen molar-refractivity contribution in [2.45, 2.75) is 12.8 Å². The van der Waals surface area contributed by atoms with Crippen molar-refractivity contribution in [1.29, 1.82) is 0 Å². The van der Waals surface area contributed by atoms with Crippen LogP contribution in [-0.4, -0.2) is 34.6 Å². The number of pyridine rings is 2. The number of hydrogen-bond donors (Lipinski definition) is 0. The summed E-state index contributed by atoms with van der Waals surface area (Å²) in [7, 11) is 1.48. The lowest BCUT2D eigenvalue weighted by molar-refractivity contribution is -0.137. The van der Waals surface area contributed by atoms with Gasteiger partial charge in [0.15, 0.2) is 6.61 Å². The second kappa shape index (κ2) is 11.3. The molecule has 2 amide bonds. The van der Waals surface area contributed by atoms with Crippen molar-refractivity contribution in [3.63, 3.8) is 0 Å². The highest BCUT2D eigenvalue weighted by Crippen LogP contribution is 2.33. The van der Waals surface area contributed by atoms with Crippen LogP contribution in [-0.2, 0) is 17.6 Å². The van der Waals surface area contributed by atoms with Crippen LogP contribution in [0, 0.1) is 0 Å². The molecule has 1 aliphatic heterocycles. The number of alkyl halides is 3. The minimum atomic E-state index is -4.64. The lowest BCUT2D eigenvalue weighted by Crippen LogP contribution is -2.30. The Balaban J connectivity index is 1.44. The number of amides is 2. The topological polar surface area (TPSA) is 94.0 Å². The molecule has 2 aromatic carbocycles. The highest BCUT2D eigenvalue weighted by Gasteiger charge is 2.37. The van der Waals surface area contributed by atoms with Crippen molar-refractivity contribution in [2.24, 2.45) is 5.16 Å². The number of carbonyl (C=O) groups excluding carboxylic acids is 2. The van der Waals surface area contributed by atoms with Crippen LogP contribution in [0.15, 0.2) is 82.6 Å². The van der Waals surface area contributed by atoms with Gasteiger partial charge in [0, 0.05) is 11.8 Å². The molecule has 4 aromatic rings. The van der Waals surface area contributed by atoms with Crippen molar-refractivity contribution in [2.75, 3.05) is 12.0 Å². The van der Waals surface area contributed by atoms with Crippen molar-refractivity contribution in [3.05, 3.63) is 116 Å². The number of fused-ring (bicyclic) bond motifs is 1. The molecule has 13 heteroatoms. The summed E-state index contributed by atoms with van der Waals surface area (Å²) in [6.45, 7) is -0.212. The Hall–Kier alpha value is -4.29. The minimum Gasteiger partial charge on any atom is -0.496 e. The summed E-state index contributed by atoms with van der Waals surface area (Å²) in [6, 6.07) is 16.8. The van der Waals surface area contributed by atoms with Crippen molar-refractivity contribution in [1.82, 2.24) is 9.97 Å². The number of aromatic nitrogens is 2. The van der Waals surface area contributed by atoms with Gasteiger partial charge in [-0.25, -0.2) is 9.88 Å². The Morgan fingerprint density at radius 2 is 1.73 bits per heavy atom. The van der Waals surface area contributed by atoms with Gasteiger partial charge in [0.1, 0.15) is 23.0 Å². The van der Waals surface area contributed by atoms with Gasteiger partial charge in [-0.15, -0.1) is 0 Å². The second-order valence-electron chi connectivity index (χ2n) is 8.59. The number of rotatable bonds is 7. The van der Waals surface area contributed by atoms with Gasteiger partial charge in [-0.05, 0) is 64.5 Å². The molecule has 0 radical (unpaired) electrons. The molecule has 3 heterocycles. The van der Waals surface area contributed by atoms with Gasteiger partial charge in [0.05, 0.1) is 39.0 Å². The third kappa shape index (κ3) is 5.66. The quantitative estimate of drug-likeness (QED) is 0.126.